The van der Waals surface area contributed by atoms with Gasteiger partial charge >= 0.3 is 0 Å². The first-order valence-electron chi connectivity index (χ1n) is 25.7. The Hall–Kier alpha value is -5.66. The zero-order valence-electron chi connectivity index (χ0n) is 47.0. The van der Waals surface area contributed by atoms with E-state index in [9.17, 15) is 12.3 Å². The van der Waals surface area contributed by atoms with Crippen molar-refractivity contribution in [2.45, 2.75) is 19.3 Å². The molecule has 0 radical (unpaired) electrons. The van der Waals surface area contributed by atoms with Crippen LogP contribution in [0.4, 0.5) is 0 Å². The highest BCUT2D eigenvalue weighted by Crippen LogP contribution is 2.54. The summed E-state index contributed by atoms with van der Waals surface area (Å²) < 4.78 is 215. The minimum Gasteiger partial charge on any atom is -0.456 e. The summed E-state index contributed by atoms with van der Waals surface area (Å²) >= 11 is 0. The van der Waals surface area contributed by atoms with E-state index >= 15 is 0 Å². The highest BCUT2D eigenvalue weighted by molar-refractivity contribution is 6.24. The van der Waals surface area contributed by atoms with Crippen LogP contribution in [0.2, 0.25) is 0 Å². The van der Waals surface area contributed by atoms with Crippen LogP contribution in [0, 0.1) is 0 Å². The standard InChI is InChI=1S/C45H30O/c1-45(2)37-20-10-9-18-34(37)43-35(19-11-21-38(43)45)42-32-16-7-5-14-30(32)41(31-15-6-8-17-33(31)42)28-23-24-39-36(26-28)44-29-13-4-3-12-27(29)22-25-40(44)46-39/h3-26H,1-2H3/i3D,4D,5D,6D,7D,8D,9D,10D,11D,12D,13D,14D,15D,16D,17D,18D,19D,20D,22D,23D,24D,25D,26D. The lowest BCUT2D eigenvalue weighted by atomic mass is 9.80. The Morgan fingerprint density at radius 1 is 0.478 bits per heavy atom. The summed E-state index contributed by atoms with van der Waals surface area (Å²) in [7, 11) is 0. The van der Waals surface area contributed by atoms with Gasteiger partial charge in [0.05, 0.1) is 31.5 Å². The van der Waals surface area contributed by atoms with Gasteiger partial charge < -0.3 is 4.42 Å². The summed E-state index contributed by atoms with van der Waals surface area (Å²) in [5, 5.41) is -3.84. The molecule has 1 heteroatoms. The van der Waals surface area contributed by atoms with Crippen molar-refractivity contribution in [1.29, 1.82) is 0 Å². The lowest BCUT2D eigenvalue weighted by Gasteiger charge is -2.22. The molecule has 0 spiro atoms. The van der Waals surface area contributed by atoms with Crippen molar-refractivity contribution < 1.29 is 35.9 Å². The van der Waals surface area contributed by atoms with Crippen LogP contribution in [0.3, 0.4) is 0 Å². The van der Waals surface area contributed by atoms with Gasteiger partial charge in [-0.15, -0.1) is 0 Å². The molecule has 1 aliphatic carbocycles. The van der Waals surface area contributed by atoms with Crippen molar-refractivity contribution in [3.05, 3.63) is 156 Å². The summed E-state index contributed by atoms with van der Waals surface area (Å²) in [4.78, 5) is 0. The second kappa shape index (κ2) is 9.19. The van der Waals surface area contributed by atoms with Crippen LogP contribution in [0.5, 0.6) is 0 Å². The topological polar surface area (TPSA) is 13.1 Å². The monoisotopic (exact) mass is 609 g/mol. The highest BCUT2D eigenvalue weighted by atomic mass is 16.3. The van der Waals surface area contributed by atoms with Crippen LogP contribution in [0.15, 0.2) is 149 Å². The second-order valence-electron chi connectivity index (χ2n) is 11.5. The maximum atomic E-state index is 9.94. The molecule has 1 aliphatic rings. The lowest BCUT2D eigenvalue weighted by molar-refractivity contribution is 0.660. The summed E-state index contributed by atoms with van der Waals surface area (Å²) in [5.41, 5.74) is -4.39. The number of benzene rings is 8. The minimum atomic E-state index is -1.32. The van der Waals surface area contributed by atoms with E-state index < -0.39 is 205 Å². The van der Waals surface area contributed by atoms with E-state index in [2.05, 4.69) is 0 Å². The molecule has 0 fully saturated rings. The minimum absolute atomic E-state index is 0.0656. The van der Waals surface area contributed by atoms with Gasteiger partial charge in [0.25, 0.3) is 0 Å². The van der Waals surface area contributed by atoms with Crippen LogP contribution in [0.1, 0.15) is 56.5 Å². The van der Waals surface area contributed by atoms with Crippen LogP contribution in [-0.4, -0.2) is 0 Å². The molecule has 0 bridgehead atoms. The molecule has 46 heavy (non-hydrogen) atoms. The Morgan fingerprint density at radius 2 is 1.09 bits per heavy atom. The number of hydrogen-bond donors (Lipinski definition) is 0. The number of furan rings is 1. The molecule has 1 nitrogen and oxygen atoms in total. The van der Waals surface area contributed by atoms with Gasteiger partial charge in [-0.25, -0.2) is 0 Å². The first-order valence-corrected chi connectivity index (χ1v) is 14.2. The van der Waals surface area contributed by atoms with Gasteiger partial charge in [-0.3, -0.25) is 0 Å². The molecule has 10 rings (SSSR count). The number of rotatable bonds is 2. The molecule has 1 aromatic heterocycles. The largest absolute Gasteiger partial charge is 0.456 e. The highest BCUT2D eigenvalue weighted by Gasteiger charge is 2.37. The Bertz CT molecular complexity index is 3940. The molecule has 0 saturated heterocycles. The smallest absolute Gasteiger partial charge is 0.136 e. The zero-order chi connectivity index (χ0) is 50.6. The summed E-state index contributed by atoms with van der Waals surface area (Å²) in [6.07, 6.45) is 0. The molecule has 0 amide bonds. The average Bonchev–Trinajstić information content (AvgIpc) is 3.82. The van der Waals surface area contributed by atoms with E-state index in [-0.39, 0.29) is 38.6 Å². The third-order valence-corrected chi connectivity index (χ3v) is 8.74. The van der Waals surface area contributed by atoms with Gasteiger partial charge in [0.15, 0.2) is 0 Å². The normalized spacial score (nSPS) is 20.6. The van der Waals surface area contributed by atoms with Crippen molar-refractivity contribution in [2.24, 2.45) is 0 Å². The molecule has 9 aromatic rings. The quantitative estimate of drug-likeness (QED) is 0.178. The van der Waals surface area contributed by atoms with E-state index in [0.29, 0.717) is 0 Å². The zero-order valence-corrected chi connectivity index (χ0v) is 24.0. The first kappa shape index (κ1) is 11.9. The molecule has 0 aliphatic heterocycles. The van der Waals surface area contributed by atoms with Crippen LogP contribution >= 0.6 is 0 Å². The maximum Gasteiger partial charge on any atom is 0.136 e. The molecule has 8 aromatic carbocycles. The number of fused-ring (bicyclic) bond motifs is 10. The molecule has 0 atom stereocenters. The Morgan fingerprint density at radius 3 is 1.85 bits per heavy atom. The molecule has 0 saturated carbocycles. The maximum absolute atomic E-state index is 9.94. The van der Waals surface area contributed by atoms with E-state index in [1.165, 1.54) is 6.07 Å². The lowest BCUT2D eigenvalue weighted by Crippen LogP contribution is -2.14. The fraction of sp³-hybridized carbons (Fsp3) is 0.0667. The predicted molar refractivity (Wildman–Crippen MR) is 195 cm³/mol. The average molecular weight is 610 g/mol. The molecule has 216 valence electrons. The third-order valence-electron chi connectivity index (χ3n) is 8.74. The molecule has 0 unspecified atom stereocenters. The van der Waals surface area contributed by atoms with Gasteiger partial charge in [0.2, 0.25) is 0 Å². The van der Waals surface area contributed by atoms with E-state index in [4.69, 9.17) is 23.6 Å². The molecule has 0 N–H and O–H groups in total. The van der Waals surface area contributed by atoms with Crippen molar-refractivity contribution in [2.75, 3.05) is 0 Å². The van der Waals surface area contributed by atoms with Gasteiger partial charge in [-0.2, -0.15) is 0 Å². The van der Waals surface area contributed by atoms with Crippen molar-refractivity contribution in [1.82, 2.24) is 0 Å². The Labute approximate surface area is 299 Å². The van der Waals surface area contributed by atoms with E-state index in [1.54, 1.807) is 13.8 Å². The van der Waals surface area contributed by atoms with Gasteiger partial charge in [-0.1, -0.05) is 141 Å². The van der Waals surface area contributed by atoms with Crippen molar-refractivity contribution in [3.63, 3.8) is 0 Å². The van der Waals surface area contributed by atoms with Gasteiger partial charge in [-0.05, 0) is 95.0 Å². The SMILES string of the molecule is [2H]c1cc2c(c(-c3c4c([2H])c([2H])c([2H])c([2H])c4c(-c4c([2H])c([2H])c5oc6c([2H])c([2H])c7c([2H])c([2H])c([2H])c([2H])c7c6c5c4[2H])c4c([2H])c([2H])c([2H])c([2H])c34)c1[2H])-c1c([2H])c([2H])c([2H])c([2H])c1C2(C)C. The van der Waals surface area contributed by atoms with Crippen LogP contribution in [0.25, 0.3) is 87.6 Å². The van der Waals surface area contributed by atoms with Crippen molar-refractivity contribution >= 4 is 54.3 Å². The molecular formula is C45H30O. The Balaban J connectivity index is 1.54. The first-order chi connectivity index (χ1) is 32.2. The van der Waals surface area contributed by atoms with Crippen LogP contribution in [-0.2, 0) is 5.41 Å². The second-order valence-corrected chi connectivity index (χ2v) is 11.5. The van der Waals surface area contributed by atoms with E-state index in [1.807, 2.05) is 0 Å². The third kappa shape index (κ3) is 3.35. The summed E-state index contributed by atoms with van der Waals surface area (Å²) in [5.74, 6) is 0. The Kier molecular flexibility index (Phi) is 2.38. The summed E-state index contributed by atoms with van der Waals surface area (Å²) in [6, 6.07) is -15.9. The molecule has 1 heterocycles. The fourth-order valence-corrected chi connectivity index (χ4v) is 6.70. The van der Waals surface area contributed by atoms with Gasteiger partial charge in [0, 0.05) is 16.2 Å². The predicted octanol–water partition coefficient (Wildman–Crippen LogP) is 12.7. The van der Waals surface area contributed by atoms with Crippen LogP contribution < -0.4 is 0 Å². The van der Waals surface area contributed by atoms with E-state index in [0.717, 1.165) is 0 Å². The summed E-state index contributed by atoms with van der Waals surface area (Å²) in [6.45, 7) is 3.26. The van der Waals surface area contributed by atoms with Gasteiger partial charge in [0.1, 0.15) is 11.2 Å². The van der Waals surface area contributed by atoms with Crippen molar-refractivity contribution in [3.8, 4) is 33.4 Å². The number of hydrogen-bond acceptors (Lipinski definition) is 1. The fourth-order valence-electron chi connectivity index (χ4n) is 6.70. The molecular weight excluding hydrogens is 556 g/mol.